The van der Waals surface area contributed by atoms with Crippen LogP contribution >= 0.6 is 38.9 Å². The number of ether oxygens (including phenoxy) is 1. The summed E-state index contributed by atoms with van der Waals surface area (Å²) in [4.78, 5) is 17.9. The molecule has 0 aliphatic rings. The van der Waals surface area contributed by atoms with Crippen LogP contribution in [0.2, 0.25) is 5.02 Å². The first-order chi connectivity index (χ1) is 15.0. The van der Waals surface area contributed by atoms with Crippen LogP contribution in [0, 0.1) is 0 Å². The summed E-state index contributed by atoms with van der Waals surface area (Å²) >= 11 is 10.8. The predicted molar refractivity (Wildman–Crippen MR) is 131 cm³/mol. The molecule has 31 heavy (non-hydrogen) atoms. The van der Waals surface area contributed by atoms with Gasteiger partial charge in [0.2, 0.25) is 5.13 Å². The van der Waals surface area contributed by atoms with Gasteiger partial charge in [-0.2, -0.15) is 10.1 Å². The highest BCUT2D eigenvalue weighted by atomic mass is 79.9. The van der Waals surface area contributed by atoms with E-state index in [-0.39, 0.29) is 5.91 Å². The molecule has 156 valence electrons. The zero-order valence-electron chi connectivity index (χ0n) is 16.5. The third-order valence-electron chi connectivity index (χ3n) is 4.32. The van der Waals surface area contributed by atoms with E-state index in [9.17, 15) is 4.79 Å². The van der Waals surface area contributed by atoms with E-state index in [1.54, 1.807) is 30.5 Å². The minimum Gasteiger partial charge on any atom is -0.494 e. The summed E-state index contributed by atoms with van der Waals surface area (Å²) in [7, 11) is 0. The second-order valence-electron chi connectivity index (χ2n) is 6.48. The number of carbonyl (C=O) groups is 1. The number of hydrazone groups is 1. The van der Waals surface area contributed by atoms with E-state index >= 15 is 0 Å². The molecule has 0 unspecified atom stereocenters. The zero-order valence-corrected chi connectivity index (χ0v) is 19.6. The highest BCUT2D eigenvalue weighted by molar-refractivity contribution is 9.10. The fourth-order valence-corrected chi connectivity index (χ4v) is 4.42. The van der Waals surface area contributed by atoms with Crippen LogP contribution < -0.4 is 9.75 Å². The molecule has 0 aliphatic carbocycles. The van der Waals surface area contributed by atoms with Gasteiger partial charge in [0.25, 0.3) is 5.91 Å². The van der Waals surface area contributed by atoms with Gasteiger partial charge in [0.05, 0.1) is 23.0 Å². The van der Waals surface area contributed by atoms with Crippen molar-refractivity contribution in [3.8, 4) is 5.75 Å². The van der Waals surface area contributed by atoms with Gasteiger partial charge in [0, 0.05) is 15.1 Å². The van der Waals surface area contributed by atoms with Crippen LogP contribution in [0.3, 0.4) is 0 Å². The summed E-state index contributed by atoms with van der Waals surface area (Å²) < 4.78 is 7.37. The largest absolute Gasteiger partial charge is 0.494 e. The van der Waals surface area contributed by atoms with Gasteiger partial charge in [0.15, 0.2) is 0 Å². The second-order valence-corrected chi connectivity index (χ2v) is 8.84. The summed E-state index contributed by atoms with van der Waals surface area (Å²) in [5.41, 5.74) is 2.10. The number of thiazole rings is 1. The maximum absolute atomic E-state index is 13.3. The van der Waals surface area contributed by atoms with E-state index in [0.29, 0.717) is 22.3 Å². The fourth-order valence-electron chi connectivity index (χ4n) is 2.82. The van der Waals surface area contributed by atoms with Crippen LogP contribution in [0.25, 0.3) is 10.2 Å². The molecule has 8 heteroatoms. The number of rotatable bonds is 6. The monoisotopic (exact) mass is 513 g/mol. The maximum Gasteiger partial charge on any atom is 0.280 e. The highest BCUT2D eigenvalue weighted by Crippen LogP contribution is 2.32. The molecule has 1 amide bonds. The Labute approximate surface area is 197 Å². The van der Waals surface area contributed by atoms with Crippen molar-refractivity contribution in [2.45, 2.75) is 6.92 Å². The summed E-state index contributed by atoms with van der Waals surface area (Å²) in [6.45, 7) is 2.54. The number of anilines is 1. The highest BCUT2D eigenvalue weighted by Gasteiger charge is 2.21. The molecule has 0 atom stereocenters. The Morgan fingerprint density at radius 3 is 2.61 bits per heavy atom. The molecular weight excluding hydrogens is 498 g/mol. The number of benzene rings is 3. The summed E-state index contributed by atoms with van der Waals surface area (Å²) in [6.07, 6.45) is 1.63. The van der Waals surface area contributed by atoms with Crippen LogP contribution in [0.1, 0.15) is 22.8 Å². The zero-order chi connectivity index (χ0) is 21.8. The Morgan fingerprint density at radius 1 is 1.16 bits per heavy atom. The Morgan fingerprint density at radius 2 is 1.90 bits per heavy atom. The second kappa shape index (κ2) is 9.60. The van der Waals surface area contributed by atoms with E-state index in [1.165, 1.54) is 16.3 Å². The molecule has 0 fully saturated rings. The van der Waals surface area contributed by atoms with Gasteiger partial charge >= 0.3 is 0 Å². The number of fused-ring (bicyclic) bond motifs is 1. The lowest BCUT2D eigenvalue weighted by Crippen LogP contribution is -2.25. The smallest absolute Gasteiger partial charge is 0.280 e. The van der Waals surface area contributed by atoms with Crippen molar-refractivity contribution in [1.82, 2.24) is 4.98 Å². The van der Waals surface area contributed by atoms with Crippen molar-refractivity contribution in [2.24, 2.45) is 5.10 Å². The van der Waals surface area contributed by atoms with Crippen LogP contribution in [0.15, 0.2) is 76.3 Å². The van der Waals surface area contributed by atoms with Crippen molar-refractivity contribution < 1.29 is 9.53 Å². The van der Waals surface area contributed by atoms with E-state index in [2.05, 4.69) is 26.0 Å². The number of halogens is 2. The number of aromatic nitrogens is 1. The summed E-state index contributed by atoms with van der Waals surface area (Å²) in [5, 5.41) is 6.84. The number of hydrogen-bond acceptors (Lipinski definition) is 5. The standard InChI is InChI=1S/C23H17BrClN3O2S/c1-2-30-19-10-3-15(4-11-19)14-26-28(22(29)16-5-8-18(25)9-6-16)23-27-20-12-7-17(24)13-21(20)31-23/h3-14H,2H2,1H3/b26-14+. The van der Waals surface area contributed by atoms with E-state index < -0.39 is 0 Å². The van der Waals surface area contributed by atoms with Crippen molar-refractivity contribution in [3.05, 3.63) is 87.4 Å². The van der Waals surface area contributed by atoms with Gasteiger partial charge in [-0.15, -0.1) is 0 Å². The van der Waals surface area contributed by atoms with E-state index in [0.717, 1.165) is 26.0 Å². The lowest BCUT2D eigenvalue weighted by atomic mass is 10.2. The first-order valence-corrected chi connectivity index (χ1v) is 11.4. The van der Waals surface area contributed by atoms with Crippen LogP contribution in [-0.2, 0) is 0 Å². The minimum absolute atomic E-state index is 0.294. The number of nitrogens with zero attached hydrogens (tertiary/aromatic N) is 3. The first kappa shape index (κ1) is 21.5. The van der Waals surface area contributed by atoms with E-state index in [1.807, 2.05) is 49.4 Å². The third-order valence-corrected chi connectivity index (χ3v) is 6.06. The number of amides is 1. The predicted octanol–water partition coefficient (Wildman–Crippen LogP) is 6.79. The Balaban J connectivity index is 1.70. The molecule has 1 aromatic heterocycles. The average molecular weight is 515 g/mol. The maximum atomic E-state index is 13.3. The molecule has 0 saturated heterocycles. The molecule has 0 bridgehead atoms. The minimum atomic E-state index is -0.294. The van der Waals surface area contributed by atoms with Gasteiger partial charge in [-0.25, -0.2) is 4.98 Å². The molecule has 0 saturated carbocycles. The quantitative estimate of drug-likeness (QED) is 0.210. The molecule has 5 nitrogen and oxygen atoms in total. The van der Waals surface area contributed by atoms with Gasteiger partial charge < -0.3 is 4.74 Å². The molecule has 0 N–H and O–H groups in total. The van der Waals surface area contributed by atoms with Gasteiger partial charge in [0.1, 0.15) is 5.75 Å². The molecule has 0 aliphatic heterocycles. The topological polar surface area (TPSA) is 54.8 Å². The van der Waals surface area contributed by atoms with Crippen LogP contribution in [0.5, 0.6) is 5.75 Å². The van der Waals surface area contributed by atoms with Gasteiger partial charge in [-0.05, 0) is 79.2 Å². The molecule has 0 radical (unpaired) electrons. The molecule has 4 rings (SSSR count). The van der Waals surface area contributed by atoms with Crippen molar-refractivity contribution >= 4 is 66.3 Å². The van der Waals surface area contributed by atoms with E-state index in [4.69, 9.17) is 16.3 Å². The van der Waals surface area contributed by atoms with Crippen molar-refractivity contribution in [2.75, 3.05) is 11.6 Å². The third kappa shape index (κ3) is 5.12. The lowest BCUT2D eigenvalue weighted by molar-refractivity contribution is 0.0988. The summed E-state index contributed by atoms with van der Waals surface area (Å²) in [5.74, 6) is 0.488. The number of carbonyl (C=O) groups excluding carboxylic acids is 1. The summed E-state index contributed by atoms with van der Waals surface area (Å²) in [6, 6.07) is 20.0. The molecule has 0 spiro atoms. The number of hydrogen-bond donors (Lipinski definition) is 0. The van der Waals surface area contributed by atoms with Crippen molar-refractivity contribution in [3.63, 3.8) is 0 Å². The Bertz CT molecular complexity index is 1240. The van der Waals surface area contributed by atoms with Gasteiger partial charge in [-0.3, -0.25) is 4.79 Å². The molecule has 3 aromatic carbocycles. The average Bonchev–Trinajstić information content (AvgIpc) is 3.18. The molecule has 1 heterocycles. The first-order valence-electron chi connectivity index (χ1n) is 9.46. The molecule has 4 aromatic rings. The van der Waals surface area contributed by atoms with Gasteiger partial charge in [-0.1, -0.05) is 38.9 Å². The normalized spacial score (nSPS) is 11.2. The SMILES string of the molecule is CCOc1ccc(/C=N/N(C(=O)c2ccc(Cl)cc2)c2nc3ccc(Br)cc3s2)cc1. The Hall–Kier alpha value is -2.74. The van der Waals surface area contributed by atoms with Crippen molar-refractivity contribution in [1.29, 1.82) is 0 Å². The lowest BCUT2D eigenvalue weighted by Gasteiger charge is -2.14. The fraction of sp³-hybridized carbons (Fsp3) is 0.0870. The van der Waals surface area contributed by atoms with Crippen LogP contribution in [0.4, 0.5) is 5.13 Å². The molecular formula is C23H17BrClN3O2S. The Kier molecular flexibility index (Phi) is 6.65. The van der Waals surface area contributed by atoms with Crippen LogP contribution in [-0.4, -0.2) is 23.7 Å².